The first-order chi connectivity index (χ1) is 10.3. The molecule has 2 aromatic heterocycles. The molecule has 3 rings (SSSR count). The van der Waals surface area contributed by atoms with Crippen LogP contribution in [0.5, 0.6) is 5.75 Å². The minimum atomic E-state index is 0.215. The van der Waals surface area contributed by atoms with E-state index in [9.17, 15) is 0 Å². The van der Waals surface area contributed by atoms with Crippen LogP contribution in [-0.2, 0) is 4.74 Å². The van der Waals surface area contributed by atoms with Crippen LogP contribution in [0.1, 0.15) is 12.8 Å². The Hall–Kier alpha value is -1.79. The zero-order chi connectivity index (χ0) is 14.7. The quantitative estimate of drug-likeness (QED) is 0.816. The first kappa shape index (κ1) is 14.2. The first-order valence-electron chi connectivity index (χ1n) is 7.38. The van der Waals surface area contributed by atoms with Crippen molar-refractivity contribution in [2.75, 3.05) is 38.3 Å². The smallest absolute Gasteiger partial charge is 0.161 e. The van der Waals surface area contributed by atoms with Crippen molar-refractivity contribution < 1.29 is 9.47 Å². The second-order valence-electron chi connectivity index (χ2n) is 5.40. The molecule has 114 valence electrons. The molecule has 1 atom stereocenters. The Kier molecular flexibility index (Phi) is 4.26. The Morgan fingerprint density at radius 1 is 1.48 bits per heavy atom. The van der Waals surface area contributed by atoms with Crippen LogP contribution >= 0.6 is 0 Å². The molecule has 0 saturated carbocycles. The Labute approximate surface area is 124 Å². The molecule has 0 aromatic carbocycles. The summed E-state index contributed by atoms with van der Waals surface area (Å²) in [5.41, 5.74) is 8.10. The maximum atomic E-state index is 6.13. The molecule has 0 radical (unpaired) electrons. The lowest BCUT2D eigenvalue weighted by molar-refractivity contribution is 0.146. The van der Waals surface area contributed by atoms with Crippen LogP contribution < -0.4 is 15.4 Å². The summed E-state index contributed by atoms with van der Waals surface area (Å²) in [4.78, 5) is 9.88. The second-order valence-corrected chi connectivity index (χ2v) is 5.40. The lowest BCUT2D eigenvalue weighted by Crippen LogP contribution is -2.43. The number of nitrogens with one attached hydrogen (secondary N) is 1. The molecule has 3 heterocycles. The average Bonchev–Trinajstić information content (AvgIpc) is 2.95. The number of hydrogen-bond donors (Lipinski definition) is 2. The summed E-state index contributed by atoms with van der Waals surface area (Å²) >= 11 is 0. The number of aromatic amines is 1. The number of methoxy groups -OCH3 is 1. The predicted octanol–water partition coefficient (Wildman–Crippen LogP) is 1.52. The van der Waals surface area contributed by atoms with E-state index in [2.05, 4.69) is 14.9 Å². The highest BCUT2D eigenvalue weighted by Gasteiger charge is 2.22. The first-order valence-corrected chi connectivity index (χ1v) is 7.38. The Bertz CT molecular complexity index is 598. The second kappa shape index (κ2) is 6.32. The molecular formula is C15H22N4O2. The van der Waals surface area contributed by atoms with E-state index in [1.807, 2.05) is 12.3 Å². The molecule has 0 aliphatic carbocycles. The summed E-state index contributed by atoms with van der Waals surface area (Å²) in [6.07, 6.45) is 5.87. The van der Waals surface area contributed by atoms with Gasteiger partial charge in [-0.05, 0) is 18.9 Å². The zero-order valence-corrected chi connectivity index (χ0v) is 12.3. The van der Waals surface area contributed by atoms with Crippen molar-refractivity contribution in [3.8, 4) is 5.75 Å². The fourth-order valence-corrected chi connectivity index (χ4v) is 2.86. The van der Waals surface area contributed by atoms with Gasteiger partial charge in [-0.3, -0.25) is 0 Å². The number of aromatic nitrogens is 2. The van der Waals surface area contributed by atoms with Crippen LogP contribution in [0.15, 0.2) is 18.5 Å². The molecule has 0 amide bonds. The van der Waals surface area contributed by atoms with Crippen molar-refractivity contribution in [2.24, 2.45) is 5.73 Å². The van der Waals surface area contributed by atoms with Crippen LogP contribution in [0.3, 0.4) is 0 Å². The van der Waals surface area contributed by atoms with Gasteiger partial charge in [0.15, 0.2) is 5.75 Å². The molecule has 0 bridgehead atoms. The van der Waals surface area contributed by atoms with Gasteiger partial charge in [0.2, 0.25) is 0 Å². The van der Waals surface area contributed by atoms with Crippen molar-refractivity contribution in [3.63, 3.8) is 0 Å². The minimum absolute atomic E-state index is 0.215. The van der Waals surface area contributed by atoms with E-state index in [-0.39, 0.29) is 6.04 Å². The number of nitrogens with two attached hydrogens (primary N) is 1. The van der Waals surface area contributed by atoms with Crippen LogP contribution in [0.25, 0.3) is 11.0 Å². The number of ether oxygens (including phenoxy) is 2. The normalized spacial score (nSPS) is 19.1. The summed E-state index contributed by atoms with van der Waals surface area (Å²) in [7, 11) is 1.67. The number of piperidine rings is 1. The lowest BCUT2D eigenvalue weighted by Gasteiger charge is -2.34. The monoisotopic (exact) mass is 290 g/mol. The van der Waals surface area contributed by atoms with E-state index in [1.54, 1.807) is 13.3 Å². The number of hydrogen-bond acceptors (Lipinski definition) is 5. The van der Waals surface area contributed by atoms with Crippen molar-refractivity contribution in [1.82, 2.24) is 9.97 Å². The highest BCUT2D eigenvalue weighted by Crippen LogP contribution is 2.36. The molecule has 2 aromatic rings. The molecule has 1 aliphatic heterocycles. The highest BCUT2D eigenvalue weighted by molar-refractivity contribution is 5.93. The summed E-state index contributed by atoms with van der Waals surface area (Å²) in [5, 5.41) is 1.08. The summed E-state index contributed by atoms with van der Waals surface area (Å²) < 4.78 is 10.9. The summed E-state index contributed by atoms with van der Waals surface area (Å²) in [5.74, 6) is 0.799. The van der Waals surface area contributed by atoms with Crippen LogP contribution in [-0.4, -0.2) is 49.4 Å². The SMILES string of the molecule is COCCOc1cnc2[nH]ccc2c1N1CCCC(N)C1. The van der Waals surface area contributed by atoms with Gasteiger partial charge in [0.25, 0.3) is 0 Å². The lowest BCUT2D eigenvalue weighted by atomic mass is 10.1. The average molecular weight is 290 g/mol. The van der Waals surface area contributed by atoms with Crippen LogP contribution in [0.4, 0.5) is 5.69 Å². The molecule has 1 fully saturated rings. The maximum Gasteiger partial charge on any atom is 0.161 e. The van der Waals surface area contributed by atoms with E-state index in [1.165, 1.54) is 0 Å². The summed E-state index contributed by atoms with van der Waals surface area (Å²) in [6, 6.07) is 2.26. The van der Waals surface area contributed by atoms with Gasteiger partial charge in [0, 0.05) is 37.8 Å². The number of rotatable bonds is 5. The molecule has 21 heavy (non-hydrogen) atoms. The molecule has 1 saturated heterocycles. The highest BCUT2D eigenvalue weighted by atomic mass is 16.5. The summed E-state index contributed by atoms with van der Waals surface area (Å²) in [6.45, 7) is 2.93. The van der Waals surface area contributed by atoms with E-state index in [0.29, 0.717) is 13.2 Å². The third-order valence-electron chi connectivity index (χ3n) is 3.84. The Balaban J connectivity index is 1.95. The fraction of sp³-hybridized carbons (Fsp3) is 0.533. The third kappa shape index (κ3) is 2.96. The van der Waals surface area contributed by atoms with E-state index in [4.69, 9.17) is 15.2 Å². The number of fused-ring (bicyclic) bond motifs is 1. The van der Waals surface area contributed by atoms with Gasteiger partial charge in [-0.15, -0.1) is 0 Å². The van der Waals surface area contributed by atoms with E-state index < -0.39 is 0 Å². The van der Waals surface area contributed by atoms with Crippen molar-refractivity contribution in [1.29, 1.82) is 0 Å². The number of H-pyrrole nitrogens is 1. The van der Waals surface area contributed by atoms with Crippen LogP contribution in [0.2, 0.25) is 0 Å². The van der Waals surface area contributed by atoms with Crippen molar-refractivity contribution in [2.45, 2.75) is 18.9 Å². The van der Waals surface area contributed by atoms with E-state index in [0.717, 1.165) is 48.4 Å². The van der Waals surface area contributed by atoms with Gasteiger partial charge in [-0.1, -0.05) is 0 Å². The van der Waals surface area contributed by atoms with Crippen molar-refractivity contribution in [3.05, 3.63) is 18.5 Å². The topological polar surface area (TPSA) is 76.4 Å². The van der Waals surface area contributed by atoms with E-state index >= 15 is 0 Å². The molecule has 0 spiro atoms. The number of nitrogens with zero attached hydrogens (tertiary/aromatic N) is 2. The van der Waals surface area contributed by atoms with Gasteiger partial charge < -0.3 is 25.1 Å². The molecule has 6 nitrogen and oxygen atoms in total. The molecular weight excluding hydrogens is 268 g/mol. The van der Waals surface area contributed by atoms with Gasteiger partial charge in [0.05, 0.1) is 18.5 Å². The molecule has 1 unspecified atom stereocenters. The molecule has 1 aliphatic rings. The third-order valence-corrected chi connectivity index (χ3v) is 3.84. The number of anilines is 1. The van der Waals surface area contributed by atoms with Gasteiger partial charge in [-0.25, -0.2) is 4.98 Å². The standard InChI is InChI=1S/C15H22N4O2/c1-20-7-8-21-13-9-18-15-12(4-5-17-15)14(13)19-6-2-3-11(16)10-19/h4-5,9,11H,2-3,6-8,10,16H2,1H3,(H,17,18). The molecule has 3 N–H and O–H groups in total. The van der Waals surface area contributed by atoms with Gasteiger partial charge >= 0.3 is 0 Å². The van der Waals surface area contributed by atoms with Crippen molar-refractivity contribution >= 4 is 16.7 Å². The van der Waals surface area contributed by atoms with Crippen LogP contribution in [0, 0.1) is 0 Å². The number of pyridine rings is 1. The largest absolute Gasteiger partial charge is 0.487 e. The Morgan fingerprint density at radius 3 is 3.19 bits per heavy atom. The maximum absolute atomic E-state index is 6.13. The molecule has 6 heteroatoms. The van der Waals surface area contributed by atoms with Gasteiger partial charge in [-0.2, -0.15) is 0 Å². The van der Waals surface area contributed by atoms with Gasteiger partial charge in [0.1, 0.15) is 12.3 Å². The predicted molar refractivity (Wildman–Crippen MR) is 82.9 cm³/mol. The fourth-order valence-electron chi connectivity index (χ4n) is 2.86. The minimum Gasteiger partial charge on any atom is -0.487 e. The zero-order valence-electron chi connectivity index (χ0n) is 12.3. The Morgan fingerprint density at radius 2 is 2.38 bits per heavy atom.